The second-order valence-corrected chi connectivity index (χ2v) is 9.28. The molecule has 4 rings (SSSR count). The molecule has 0 aliphatic heterocycles. The molecule has 0 bridgehead atoms. The Morgan fingerprint density at radius 3 is 1.69 bits per heavy atom. The van der Waals surface area contributed by atoms with Gasteiger partial charge in [-0.3, -0.25) is 24.8 Å². The molecule has 4 aromatic rings. The Balaban J connectivity index is 1.50. The summed E-state index contributed by atoms with van der Waals surface area (Å²) in [5.41, 5.74) is 5.91. The third-order valence-corrected chi connectivity index (χ3v) is 6.10. The molecule has 0 aliphatic carbocycles. The number of rotatable bonds is 12. The van der Waals surface area contributed by atoms with E-state index < -0.39 is 0 Å². The van der Waals surface area contributed by atoms with Gasteiger partial charge in [-0.05, 0) is 53.4 Å². The summed E-state index contributed by atoms with van der Waals surface area (Å²) in [6.45, 7) is 9.56. The van der Waals surface area contributed by atoms with Crippen LogP contribution in [0.1, 0.15) is 48.0 Å². The maximum Gasteiger partial charge on any atom is 0.0546 e. The Labute approximate surface area is 209 Å². The van der Waals surface area contributed by atoms with Crippen LogP contribution in [0.4, 0.5) is 0 Å². The fourth-order valence-corrected chi connectivity index (χ4v) is 4.17. The van der Waals surface area contributed by atoms with Gasteiger partial charge in [0, 0.05) is 57.9 Å². The summed E-state index contributed by atoms with van der Waals surface area (Å²) in [6.07, 6.45) is 5.68. The van der Waals surface area contributed by atoms with Gasteiger partial charge < -0.3 is 0 Å². The highest BCUT2D eigenvalue weighted by atomic mass is 15.2. The average Bonchev–Trinajstić information content (AvgIpc) is 2.89. The highest BCUT2D eigenvalue weighted by Crippen LogP contribution is 2.16. The summed E-state index contributed by atoms with van der Waals surface area (Å²) < 4.78 is 0. The van der Waals surface area contributed by atoms with Crippen LogP contribution in [0.5, 0.6) is 0 Å². The molecule has 0 saturated heterocycles. The SMILES string of the molecule is CC(C)c1ccnc(CN(CCN(Cc2ccccc2)Cc2ccccn2)Cc2ccccn2)c1. The van der Waals surface area contributed by atoms with E-state index in [0.717, 1.165) is 56.4 Å². The van der Waals surface area contributed by atoms with Crippen molar-refractivity contribution < 1.29 is 0 Å². The van der Waals surface area contributed by atoms with Gasteiger partial charge in [0.1, 0.15) is 0 Å². The monoisotopic (exact) mass is 465 g/mol. The maximum absolute atomic E-state index is 4.68. The van der Waals surface area contributed by atoms with E-state index in [0.29, 0.717) is 5.92 Å². The van der Waals surface area contributed by atoms with Gasteiger partial charge in [0.05, 0.1) is 17.1 Å². The fraction of sp³-hybridized carbons (Fsp3) is 0.300. The Morgan fingerprint density at radius 1 is 0.571 bits per heavy atom. The van der Waals surface area contributed by atoms with Crippen LogP contribution in [0.2, 0.25) is 0 Å². The molecule has 180 valence electrons. The topological polar surface area (TPSA) is 45.2 Å². The molecule has 3 heterocycles. The van der Waals surface area contributed by atoms with E-state index >= 15 is 0 Å². The Kier molecular flexibility index (Phi) is 9.10. The van der Waals surface area contributed by atoms with E-state index in [1.807, 2.05) is 30.7 Å². The third-order valence-electron chi connectivity index (χ3n) is 6.10. The molecular weight excluding hydrogens is 430 g/mol. The zero-order chi connectivity index (χ0) is 24.3. The molecule has 35 heavy (non-hydrogen) atoms. The maximum atomic E-state index is 4.68. The molecule has 0 radical (unpaired) electrons. The van der Waals surface area contributed by atoms with Crippen molar-refractivity contribution in [2.75, 3.05) is 13.1 Å². The molecule has 0 N–H and O–H groups in total. The number of hydrogen-bond donors (Lipinski definition) is 0. The smallest absolute Gasteiger partial charge is 0.0546 e. The Bertz CT molecular complexity index is 1090. The van der Waals surface area contributed by atoms with Crippen LogP contribution >= 0.6 is 0 Å². The first-order valence-corrected chi connectivity index (χ1v) is 12.4. The number of benzene rings is 1. The van der Waals surface area contributed by atoms with Crippen molar-refractivity contribution in [2.45, 2.75) is 45.9 Å². The lowest BCUT2D eigenvalue weighted by Gasteiger charge is -2.27. The molecule has 0 unspecified atom stereocenters. The zero-order valence-corrected chi connectivity index (χ0v) is 20.8. The van der Waals surface area contributed by atoms with E-state index in [4.69, 9.17) is 0 Å². The molecule has 5 nitrogen and oxygen atoms in total. The molecule has 0 atom stereocenters. The second kappa shape index (κ2) is 12.9. The molecular formula is C30H35N5. The number of aromatic nitrogens is 3. The van der Waals surface area contributed by atoms with Crippen molar-refractivity contribution >= 4 is 0 Å². The predicted molar refractivity (Wildman–Crippen MR) is 141 cm³/mol. The van der Waals surface area contributed by atoms with Crippen LogP contribution in [-0.4, -0.2) is 37.8 Å². The van der Waals surface area contributed by atoms with Gasteiger partial charge in [0.15, 0.2) is 0 Å². The largest absolute Gasteiger partial charge is 0.292 e. The average molecular weight is 466 g/mol. The highest BCUT2D eigenvalue weighted by molar-refractivity contribution is 5.20. The summed E-state index contributed by atoms with van der Waals surface area (Å²) in [6, 6.07) is 27.3. The van der Waals surface area contributed by atoms with Crippen molar-refractivity contribution in [2.24, 2.45) is 0 Å². The quantitative estimate of drug-likeness (QED) is 0.269. The van der Waals surface area contributed by atoms with E-state index in [-0.39, 0.29) is 0 Å². The minimum Gasteiger partial charge on any atom is -0.292 e. The van der Waals surface area contributed by atoms with Crippen molar-refractivity contribution in [3.63, 3.8) is 0 Å². The molecule has 0 amide bonds. The van der Waals surface area contributed by atoms with Crippen LogP contribution < -0.4 is 0 Å². The lowest BCUT2D eigenvalue weighted by atomic mass is 10.0. The van der Waals surface area contributed by atoms with Crippen molar-refractivity contribution in [1.82, 2.24) is 24.8 Å². The first kappa shape index (κ1) is 24.7. The van der Waals surface area contributed by atoms with Crippen LogP contribution in [0.25, 0.3) is 0 Å². The van der Waals surface area contributed by atoms with Gasteiger partial charge in [-0.2, -0.15) is 0 Å². The summed E-state index contributed by atoms with van der Waals surface area (Å²) in [5.74, 6) is 0.487. The molecule has 5 heteroatoms. The van der Waals surface area contributed by atoms with Crippen molar-refractivity contribution in [3.8, 4) is 0 Å². The van der Waals surface area contributed by atoms with Gasteiger partial charge in [-0.15, -0.1) is 0 Å². The van der Waals surface area contributed by atoms with Crippen LogP contribution in [-0.2, 0) is 26.2 Å². The summed E-state index contributed by atoms with van der Waals surface area (Å²) in [5, 5.41) is 0. The summed E-state index contributed by atoms with van der Waals surface area (Å²) in [7, 11) is 0. The molecule has 0 spiro atoms. The minimum absolute atomic E-state index is 0.487. The van der Waals surface area contributed by atoms with E-state index in [2.05, 4.69) is 105 Å². The third kappa shape index (κ3) is 8.09. The van der Waals surface area contributed by atoms with E-state index in [1.54, 1.807) is 0 Å². The predicted octanol–water partition coefficient (Wildman–Crippen LogP) is 5.70. The Hall–Kier alpha value is -3.41. The van der Waals surface area contributed by atoms with Crippen LogP contribution in [0.3, 0.4) is 0 Å². The molecule has 1 aromatic carbocycles. The van der Waals surface area contributed by atoms with Gasteiger partial charge >= 0.3 is 0 Å². The summed E-state index contributed by atoms with van der Waals surface area (Å²) in [4.78, 5) is 18.8. The molecule has 0 fully saturated rings. The fourth-order valence-electron chi connectivity index (χ4n) is 4.17. The summed E-state index contributed by atoms with van der Waals surface area (Å²) >= 11 is 0. The lowest BCUT2D eigenvalue weighted by molar-refractivity contribution is 0.179. The second-order valence-electron chi connectivity index (χ2n) is 9.28. The minimum atomic E-state index is 0.487. The normalized spacial score (nSPS) is 11.5. The van der Waals surface area contributed by atoms with E-state index in [9.17, 15) is 0 Å². The van der Waals surface area contributed by atoms with Crippen LogP contribution in [0.15, 0.2) is 97.5 Å². The number of nitrogens with zero attached hydrogens (tertiary/aromatic N) is 5. The van der Waals surface area contributed by atoms with Gasteiger partial charge in [0.25, 0.3) is 0 Å². The zero-order valence-electron chi connectivity index (χ0n) is 20.8. The lowest BCUT2D eigenvalue weighted by Crippen LogP contribution is -2.34. The van der Waals surface area contributed by atoms with Gasteiger partial charge in [-0.25, -0.2) is 0 Å². The number of pyridine rings is 3. The first-order valence-electron chi connectivity index (χ1n) is 12.4. The van der Waals surface area contributed by atoms with Crippen molar-refractivity contribution in [1.29, 1.82) is 0 Å². The van der Waals surface area contributed by atoms with Gasteiger partial charge in [0.2, 0.25) is 0 Å². The Morgan fingerprint density at radius 2 is 1.11 bits per heavy atom. The van der Waals surface area contributed by atoms with Crippen LogP contribution in [0, 0.1) is 0 Å². The van der Waals surface area contributed by atoms with Gasteiger partial charge in [-0.1, -0.05) is 56.3 Å². The van der Waals surface area contributed by atoms with Crippen molar-refractivity contribution in [3.05, 3.63) is 126 Å². The standard InChI is InChI=1S/C30H35N5/c1-25(2)27-14-17-33-30(20-27)24-35(23-29-13-7-9-16-32-29)19-18-34(21-26-10-4-3-5-11-26)22-28-12-6-8-15-31-28/h3-17,20,25H,18-19,21-24H2,1-2H3. The molecule has 3 aromatic heterocycles. The number of hydrogen-bond acceptors (Lipinski definition) is 5. The molecule has 0 aliphatic rings. The molecule has 0 saturated carbocycles. The highest BCUT2D eigenvalue weighted by Gasteiger charge is 2.14. The van der Waals surface area contributed by atoms with E-state index in [1.165, 1.54) is 11.1 Å². The first-order chi connectivity index (χ1) is 17.2.